The minimum Gasteiger partial charge on any atom is -0.364 e. The van der Waals surface area contributed by atoms with Gasteiger partial charge >= 0.3 is 0 Å². The normalized spacial score (nSPS) is 20.6. The van der Waals surface area contributed by atoms with E-state index in [1.807, 2.05) is 25.7 Å². The monoisotopic (exact) mass is 332 g/mol. The molecule has 0 bridgehead atoms. The van der Waals surface area contributed by atoms with Gasteiger partial charge in [0.05, 0.1) is 6.61 Å². The molecule has 0 unspecified atom stereocenters. The van der Waals surface area contributed by atoms with Crippen LogP contribution in [0.1, 0.15) is 39.2 Å². The molecule has 0 aromatic heterocycles. The molecule has 0 N–H and O–H groups in total. The highest BCUT2D eigenvalue weighted by molar-refractivity contribution is 5.84. The number of hydrogen-bond acceptors (Lipinski definition) is 3. The van der Waals surface area contributed by atoms with Crippen LogP contribution < -0.4 is 0 Å². The van der Waals surface area contributed by atoms with Crippen LogP contribution in [0, 0.1) is 0 Å². The van der Waals surface area contributed by atoms with E-state index in [2.05, 4.69) is 35.2 Å². The molecule has 0 saturated carbocycles. The molecule has 4 nitrogen and oxygen atoms in total. The van der Waals surface area contributed by atoms with E-state index in [4.69, 9.17) is 4.74 Å². The first-order valence-electron chi connectivity index (χ1n) is 9.22. The second-order valence-electron chi connectivity index (χ2n) is 7.03. The Labute approximate surface area is 146 Å². The number of carbonyl (C=O) groups is 1. The molecule has 1 aromatic rings. The molecule has 1 saturated heterocycles. The van der Waals surface area contributed by atoms with Gasteiger partial charge in [0.1, 0.15) is 5.60 Å². The van der Waals surface area contributed by atoms with E-state index >= 15 is 0 Å². The van der Waals surface area contributed by atoms with Gasteiger partial charge < -0.3 is 14.5 Å². The van der Waals surface area contributed by atoms with Crippen LogP contribution in [0.25, 0.3) is 0 Å². The maximum atomic E-state index is 12.6. The highest BCUT2D eigenvalue weighted by atomic mass is 16.5. The Bertz CT molecular complexity index is 502. The van der Waals surface area contributed by atoms with E-state index in [1.54, 1.807) is 0 Å². The third-order valence-electron chi connectivity index (χ3n) is 4.77. The van der Waals surface area contributed by atoms with Crippen LogP contribution in [0.15, 0.2) is 30.3 Å². The molecule has 134 valence electrons. The minimum atomic E-state index is -0.731. The van der Waals surface area contributed by atoms with Crippen molar-refractivity contribution in [3.05, 3.63) is 35.9 Å². The van der Waals surface area contributed by atoms with Crippen molar-refractivity contribution < 1.29 is 9.53 Å². The first kappa shape index (κ1) is 18.9. The van der Waals surface area contributed by atoms with Crippen LogP contribution in [0.5, 0.6) is 0 Å². The molecule has 1 aliphatic rings. The molecule has 24 heavy (non-hydrogen) atoms. The molecule has 0 aliphatic carbocycles. The summed E-state index contributed by atoms with van der Waals surface area (Å²) in [5, 5.41) is 0. The summed E-state index contributed by atoms with van der Waals surface area (Å²) in [5.41, 5.74) is 0.645. The molecule has 1 aliphatic heterocycles. The van der Waals surface area contributed by atoms with Crippen LogP contribution >= 0.6 is 0 Å². The first-order chi connectivity index (χ1) is 11.5. The van der Waals surface area contributed by atoms with Gasteiger partial charge in [-0.1, -0.05) is 30.3 Å². The van der Waals surface area contributed by atoms with Crippen molar-refractivity contribution in [1.29, 1.82) is 0 Å². The van der Waals surface area contributed by atoms with Gasteiger partial charge in [0.15, 0.2) is 0 Å². The molecular formula is C20H32N2O2. The molecule has 4 heteroatoms. The summed E-state index contributed by atoms with van der Waals surface area (Å²) in [6, 6.07) is 10.6. The lowest BCUT2D eigenvalue weighted by atomic mass is 10.1. The number of rotatable bonds is 4. The predicted molar refractivity (Wildman–Crippen MR) is 98.1 cm³/mol. The lowest BCUT2D eigenvalue weighted by molar-refractivity contribution is -0.154. The molecule has 1 fully saturated rings. The lowest BCUT2D eigenvalue weighted by Gasteiger charge is -2.31. The van der Waals surface area contributed by atoms with Crippen molar-refractivity contribution in [2.45, 2.75) is 45.6 Å². The molecule has 2 rings (SSSR count). The highest BCUT2D eigenvalue weighted by Gasteiger charge is 2.32. The van der Waals surface area contributed by atoms with Crippen molar-refractivity contribution in [1.82, 2.24) is 9.80 Å². The Kier molecular flexibility index (Phi) is 7.25. The zero-order valence-corrected chi connectivity index (χ0v) is 15.5. The SMILES string of the molecule is CCN1CCCCN(CCc2ccccc2)CCOC(C)(C)C1=O. The fourth-order valence-electron chi connectivity index (χ4n) is 3.18. The third-order valence-corrected chi connectivity index (χ3v) is 4.77. The van der Waals surface area contributed by atoms with E-state index in [-0.39, 0.29) is 5.91 Å². The van der Waals surface area contributed by atoms with Crippen molar-refractivity contribution in [2.75, 3.05) is 39.3 Å². The van der Waals surface area contributed by atoms with Gasteiger partial charge in [-0.05, 0) is 52.1 Å². The molecule has 1 amide bonds. The van der Waals surface area contributed by atoms with Crippen LogP contribution in [0.4, 0.5) is 0 Å². The average molecular weight is 332 g/mol. The molecule has 1 heterocycles. The quantitative estimate of drug-likeness (QED) is 0.850. The van der Waals surface area contributed by atoms with E-state index in [9.17, 15) is 4.79 Å². The standard InChI is InChI=1S/C20H32N2O2/c1-4-22-14-9-8-13-21(15-12-18-10-6-5-7-11-18)16-17-24-20(2,3)19(22)23/h5-7,10-11H,4,8-9,12-17H2,1-3H3. The van der Waals surface area contributed by atoms with Crippen LogP contribution in [-0.4, -0.2) is 60.6 Å². The number of amides is 1. The van der Waals surface area contributed by atoms with E-state index in [0.717, 1.165) is 52.0 Å². The van der Waals surface area contributed by atoms with Crippen molar-refractivity contribution in [3.63, 3.8) is 0 Å². The Morgan fingerprint density at radius 3 is 2.50 bits per heavy atom. The van der Waals surface area contributed by atoms with Crippen LogP contribution in [0.3, 0.4) is 0 Å². The second kappa shape index (κ2) is 9.19. The van der Waals surface area contributed by atoms with Gasteiger partial charge in [-0.2, -0.15) is 0 Å². The Morgan fingerprint density at radius 1 is 1.08 bits per heavy atom. The molecule has 1 aromatic carbocycles. The zero-order valence-electron chi connectivity index (χ0n) is 15.5. The molecule has 0 radical (unpaired) electrons. The van der Waals surface area contributed by atoms with Crippen LogP contribution in [-0.2, 0) is 16.0 Å². The number of carbonyl (C=O) groups excluding carboxylic acids is 1. The number of ether oxygens (including phenoxy) is 1. The van der Waals surface area contributed by atoms with Gasteiger partial charge in [0.25, 0.3) is 5.91 Å². The molecule has 0 atom stereocenters. The van der Waals surface area contributed by atoms with E-state index in [0.29, 0.717) is 6.61 Å². The van der Waals surface area contributed by atoms with Crippen molar-refractivity contribution in [3.8, 4) is 0 Å². The largest absolute Gasteiger partial charge is 0.364 e. The fourth-order valence-corrected chi connectivity index (χ4v) is 3.18. The maximum absolute atomic E-state index is 12.6. The number of hydrogen-bond donors (Lipinski definition) is 0. The van der Waals surface area contributed by atoms with Gasteiger partial charge in [-0.25, -0.2) is 0 Å². The summed E-state index contributed by atoms with van der Waals surface area (Å²) in [6.07, 6.45) is 3.24. The van der Waals surface area contributed by atoms with Crippen molar-refractivity contribution in [2.24, 2.45) is 0 Å². The average Bonchev–Trinajstić information content (AvgIpc) is 2.60. The summed E-state index contributed by atoms with van der Waals surface area (Å²) in [6.45, 7) is 11.0. The predicted octanol–water partition coefficient (Wildman–Crippen LogP) is 2.97. The maximum Gasteiger partial charge on any atom is 0.254 e. The smallest absolute Gasteiger partial charge is 0.254 e. The highest BCUT2D eigenvalue weighted by Crippen LogP contribution is 2.16. The minimum absolute atomic E-state index is 0.114. The van der Waals surface area contributed by atoms with Gasteiger partial charge in [-0.3, -0.25) is 4.79 Å². The number of likely N-dealkylation sites (N-methyl/N-ethyl adjacent to an activating group) is 1. The molecular weight excluding hydrogens is 300 g/mol. The van der Waals surface area contributed by atoms with Crippen LogP contribution in [0.2, 0.25) is 0 Å². The Morgan fingerprint density at radius 2 is 1.79 bits per heavy atom. The second-order valence-corrected chi connectivity index (χ2v) is 7.03. The van der Waals surface area contributed by atoms with Gasteiger partial charge in [0.2, 0.25) is 0 Å². The lowest BCUT2D eigenvalue weighted by Crippen LogP contribution is -2.47. The first-order valence-corrected chi connectivity index (χ1v) is 9.22. The summed E-state index contributed by atoms with van der Waals surface area (Å²) < 4.78 is 5.96. The number of benzene rings is 1. The van der Waals surface area contributed by atoms with Crippen molar-refractivity contribution >= 4 is 5.91 Å². The summed E-state index contributed by atoms with van der Waals surface area (Å²) >= 11 is 0. The van der Waals surface area contributed by atoms with Gasteiger partial charge in [-0.15, -0.1) is 0 Å². The van der Waals surface area contributed by atoms with E-state index in [1.165, 1.54) is 5.56 Å². The van der Waals surface area contributed by atoms with E-state index < -0.39 is 5.60 Å². The molecule has 0 spiro atoms. The Balaban J connectivity index is 1.93. The summed E-state index contributed by atoms with van der Waals surface area (Å²) in [4.78, 5) is 17.0. The summed E-state index contributed by atoms with van der Waals surface area (Å²) in [5.74, 6) is 0.114. The third kappa shape index (κ3) is 5.60. The fraction of sp³-hybridized carbons (Fsp3) is 0.650. The number of nitrogens with zero attached hydrogens (tertiary/aromatic N) is 2. The Hall–Kier alpha value is -1.39. The topological polar surface area (TPSA) is 32.8 Å². The zero-order chi connectivity index (χ0) is 17.4. The van der Waals surface area contributed by atoms with Gasteiger partial charge in [0, 0.05) is 26.2 Å². The summed E-state index contributed by atoms with van der Waals surface area (Å²) in [7, 11) is 0.